The quantitative estimate of drug-likeness (QED) is 0.658. The van der Waals surface area contributed by atoms with Gasteiger partial charge in [-0.3, -0.25) is 19.7 Å². The SMILES string of the molecule is CC(C)c1ccc(/C=c2/s/c(=C/C(=O)C(C)(C)C)[nH]c2=O)cc1[N+](=O)[O-]. The molecule has 0 aliphatic carbocycles. The average molecular weight is 374 g/mol. The molecule has 1 aromatic heterocycles. The summed E-state index contributed by atoms with van der Waals surface area (Å²) in [5, 5.41) is 11.3. The van der Waals surface area contributed by atoms with E-state index >= 15 is 0 Å². The van der Waals surface area contributed by atoms with Gasteiger partial charge in [-0.15, -0.1) is 11.3 Å². The molecule has 2 rings (SSSR count). The summed E-state index contributed by atoms with van der Waals surface area (Å²) in [6, 6.07) is 4.94. The second kappa shape index (κ2) is 7.37. The van der Waals surface area contributed by atoms with E-state index in [9.17, 15) is 19.7 Å². The molecule has 26 heavy (non-hydrogen) atoms. The van der Waals surface area contributed by atoms with Crippen molar-refractivity contribution in [3.63, 3.8) is 0 Å². The molecule has 0 aliphatic heterocycles. The second-order valence-corrected chi connectivity index (χ2v) is 8.50. The summed E-state index contributed by atoms with van der Waals surface area (Å²) in [6.45, 7) is 9.20. The van der Waals surface area contributed by atoms with Gasteiger partial charge in [0.05, 0.1) is 14.1 Å². The van der Waals surface area contributed by atoms with Crippen LogP contribution in [0.2, 0.25) is 0 Å². The lowest BCUT2D eigenvalue weighted by Crippen LogP contribution is -2.22. The van der Waals surface area contributed by atoms with Crippen molar-refractivity contribution < 1.29 is 9.72 Å². The number of rotatable bonds is 4. The van der Waals surface area contributed by atoms with Crippen molar-refractivity contribution >= 4 is 35.0 Å². The molecule has 0 saturated carbocycles. The number of nitrogens with zero attached hydrogens (tertiary/aromatic N) is 1. The third kappa shape index (κ3) is 4.54. The van der Waals surface area contributed by atoms with Crippen LogP contribution in [0, 0.1) is 15.5 Å². The van der Waals surface area contributed by atoms with Crippen LogP contribution >= 0.6 is 11.3 Å². The Kier molecular flexibility index (Phi) is 5.61. The molecule has 7 heteroatoms. The molecule has 0 aliphatic rings. The van der Waals surface area contributed by atoms with E-state index in [1.807, 2.05) is 13.8 Å². The van der Waals surface area contributed by atoms with Crippen LogP contribution in [0.5, 0.6) is 0 Å². The van der Waals surface area contributed by atoms with Gasteiger partial charge in [-0.25, -0.2) is 0 Å². The van der Waals surface area contributed by atoms with Gasteiger partial charge in [-0.2, -0.15) is 0 Å². The third-order valence-electron chi connectivity index (χ3n) is 3.85. The fourth-order valence-corrected chi connectivity index (χ4v) is 3.19. The predicted molar refractivity (Wildman–Crippen MR) is 104 cm³/mol. The highest BCUT2D eigenvalue weighted by atomic mass is 32.1. The standard InChI is InChI=1S/C19H22N2O4S/c1-11(2)13-7-6-12(8-14(13)21(24)25)9-15-18(23)20-17(26-15)10-16(22)19(3,4)5/h6-11H,1-5H3,(H,20,23)/b15-9+,17-10+. The molecule has 0 spiro atoms. The van der Waals surface area contributed by atoms with E-state index in [0.717, 1.165) is 11.3 Å². The number of benzene rings is 1. The summed E-state index contributed by atoms with van der Waals surface area (Å²) < 4.78 is 0.860. The van der Waals surface area contributed by atoms with Crippen molar-refractivity contribution in [1.82, 2.24) is 4.98 Å². The van der Waals surface area contributed by atoms with Gasteiger partial charge < -0.3 is 4.98 Å². The summed E-state index contributed by atoms with van der Waals surface area (Å²) in [6.07, 6.45) is 3.02. The topological polar surface area (TPSA) is 93.1 Å². The molecule has 6 nitrogen and oxygen atoms in total. The van der Waals surface area contributed by atoms with Crippen LogP contribution in [0.3, 0.4) is 0 Å². The zero-order valence-corrected chi connectivity index (χ0v) is 16.3. The first-order valence-electron chi connectivity index (χ1n) is 8.24. The number of hydrogen-bond acceptors (Lipinski definition) is 5. The molecule has 0 fully saturated rings. The molecular weight excluding hydrogens is 352 g/mol. The Morgan fingerprint density at radius 2 is 1.96 bits per heavy atom. The van der Waals surface area contributed by atoms with Crippen LogP contribution in [0.15, 0.2) is 23.0 Å². The van der Waals surface area contributed by atoms with Crippen LogP contribution in [0.25, 0.3) is 12.2 Å². The van der Waals surface area contributed by atoms with Gasteiger partial charge in [-0.05, 0) is 17.6 Å². The van der Waals surface area contributed by atoms with E-state index in [1.54, 1.807) is 39.0 Å². The summed E-state index contributed by atoms with van der Waals surface area (Å²) in [7, 11) is 0. The minimum Gasteiger partial charge on any atom is -0.313 e. The molecule has 1 aromatic carbocycles. The van der Waals surface area contributed by atoms with Gasteiger partial charge in [0, 0.05) is 23.1 Å². The summed E-state index contributed by atoms with van der Waals surface area (Å²) in [5.41, 5.74) is 0.409. The van der Waals surface area contributed by atoms with Crippen molar-refractivity contribution in [1.29, 1.82) is 0 Å². The fourth-order valence-electron chi connectivity index (χ4n) is 2.31. The number of nitro benzene ring substituents is 1. The van der Waals surface area contributed by atoms with E-state index in [0.29, 0.717) is 20.3 Å². The molecule has 138 valence electrons. The summed E-state index contributed by atoms with van der Waals surface area (Å²) in [5.74, 6) is -0.0577. The van der Waals surface area contributed by atoms with Crippen LogP contribution < -0.4 is 14.8 Å². The van der Waals surface area contributed by atoms with E-state index in [2.05, 4.69) is 4.98 Å². The number of carbonyl (C=O) groups excluding carboxylic acids is 1. The highest BCUT2D eigenvalue weighted by Gasteiger charge is 2.19. The maximum atomic E-state index is 12.1. The predicted octanol–water partition coefficient (Wildman–Crippen LogP) is 2.69. The number of ketones is 1. The monoisotopic (exact) mass is 374 g/mol. The summed E-state index contributed by atoms with van der Waals surface area (Å²) >= 11 is 1.15. The van der Waals surface area contributed by atoms with Crippen LogP contribution in [0.4, 0.5) is 5.69 Å². The Bertz CT molecular complexity index is 1020. The number of nitrogens with one attached hydrogen (secondary N) is 1. The average Bonchev–Trinajstić information content (AvgIpc) is 2.85. The van der Waals surface area contributed by atoms with Crippen molar-refractivity contribution in [3.05, 3.63) is 59.0 Å². The summed E-state index contributed by atoms with van der Waals surface area (Å²) in [4.78, 5) is 37.8. The highest BCUT2D eigenvalue weighted by molar-refractivity contribution is 7.07. The second-order valence-electron chi connectivity index (χ2n) is 7.42. The zero-order chi connectivity index (χ0) is 19.6. The number of Topliss-reactive ketones (excluding diaryl/α,β-unsaturated/α-hetero) is 1. The molecule has 2 aromatic rings. The van der Waals surface area contributed by atoms with E-state index < -0.39 is 10.3 Å². The third-order valence-corrected chi connectivity index (χ3v) is 4.82. The lowest BCUT2D eigenvalue weighted by atomic mass is 9.91. The van der Waals surface area contributed by atoms with Gasteiger partial charge >= 0.3 is 0 Å². The van der Waals surface area contributed by atoms with Crippen molar-refractivity contribution in [2.24, 2.45) is 5.41 Å². The Morgan fingerprint density at radius 1 is 1.31 bits per heavy atom. The number of aromatic nitrogens is 1. The smallest absolute Gasteiger partial charge is 0.273 e. The van der Waals surface area contributed by atoms with Crippen molar-refractivity contribution in [2.45, 2.75) is 40.5 Å². The fraction of sp³-hybridized carbons (Fsp3) is 0.368. The Labute approximate surface area is 155 Å². The molecule has 1 N–H and O–H groups in total. The first-order valence-corrected chi connectivity index (χ1v) is 9.06. The van der Waals surface area contributed by atoms with Gasteiger partial charge in [0.15, 0.2) is 5.78 Å². The van der Waals surface area contributed by atoms with E-state index in [-0.39, 0.29) is 22.9 Å². The maximum absolute atomic E-state index is 12.1. The number of aromatic amines is 1. The van der Waals surface area contributed by atoms with Gasteiger partial charge in [0.25, 0.3) is 11.2 Å². The molecular formula is C19H22N2O4S. The van der Waals surface area contributed by atoms with Crippen LogP contribution in [-0.2, 0) is 4.79 Å². The van der Waals surface area contributed by atoms with Gasteiger partial charge in [-0.1, -0.05) is 46.8 Å². The number of H-pyrrole nitrogens is 1. The van der Waals surface area contributed by atoms with Gasteiger partial charge in [0.2, 0.25) is 0 Å². The van der Waals surface area contributed by atoms with Crippen molar-refractivity contribution in [2.75, 3.05) is 0 Å². The molecule has 0 saturated heterocycles. The number of nitro groups is 1. The normalized spacial score (nSPS) is 13.5. The van der Waals surface area contributed by atoms with E-state index in [4.69, 9.17) is 0 Å². The Morgan fingerprint density at radius 3 is 2.50 bits per heavy atom. The first-order chi connectivity index (χ1) is 12.0. The van der Waals surface area contributed by atoms with Gasteiger partial charge in [0.1, 0.15) is 0 Å². The zero-order valence-electron chi connectivity index (χ0n) is 15.5. The van der Waals surface area contributed by atoms with Crippen LogP contribution in [0.1, 0.15) is 51.7 Å². The molecule has 0 bridgehead atoms. The Hall–Kier alpha value is -2.54. The molecule has 0 amide bonds. The number of hydrogen-bond donors (Lipinski definition) is 1. The first kappa shape index (κ1) is 19.8. The minimum atomic E-state index is -0.530. The highest BCUT2D eigenvalue weighted by Crippen LogP contribution is 2.27. The number of carbonyl (C=O) groups is 1. The number of thiazole rings is 1. The molecule has 0 radical (unpaired) electrons. The molecule has 1 heterocycles. The molecule has 0 unspecified atom stereocenters. The largest absolute Gasteiger partial charge is 0.313 e. The lowest BCUT2D eigenvalue weighted by molar-refractivity contribution is -0.385. The molecule has 0 atom stereocenters. The lowest BCUT2D eigenvalue weighted by Gasteiger charge is -2.12. The minimum absolute atomic E-state index is 0.0270. The van der Waals surface area contributed by atoms with Crippen LogP contribution in [-0.4, -0.2) is 15.7 Å². The maximum Gasteiger partial charge on any atom is 0.273 e. The van der Waals surface area contributed by atoms with E-state index in [1.165, 1.54) is 12.1 Å². The van der Waals surface area contributed by atoms with Crippen molar-refractivity contribution in [3.8, 4) is 0 Å². The Balaban J connectivity index is 2.54.